The number of phenols is 1. The number of aliphatic hydroxyl groups is 1. The van der Waals surface area contributed by atoms with E-state index in [0.717, 1.165) is 19.3 Å². The summed E-state index contributed by atoms with van der Waals surface area (Å²) in [5, 5.41) is 25.9. The van der Waals surface area contributed by atoms with E-state index in [-0.39, 0.29) is 11.3 Å². The third-order valence-electron chi connectivity index (χ3n) is 5.74. The van der Waals surface area contributed by atoms with E-state index < -0.39 is 47.7 Å². The SMILES string of the molecule is CCCCCNC(=O)C(c1ccccc1O)N(C(=O)C(CO)NC(=O)OC(C)(C)C)C(C)(C)CC. The summed E-state index contributed by atoms with van der Waals surface area (Å²) in [4.78, 5) is 41.0. The van der Waals surface area contributed by atoms with E-state index >= 15 is 0 Å². The second kappa shape index (κ2) is 13.3. The minimum absolute atomic E-state index is 0.133. The minimum Gasteiger partial charge on any atom is -0.508 e. The first-order chi connectivity index (χ1) is 16.3. The number of alkyl carbamates (subject to hydrolysis) is 1. The molecule has 0 heterocycles. The molecule has 0 aromatic heterocycles. The maximum atomic E-state index is 13.8. The highest BCUT2D eigenvalue weighted by atomic mass is 16.6. The van der Waals surface area contributed by atoms with Gasteiger partial charge in [0, 0.05) is 17.6 Å². The van der Waals surface area contributed by atoms with Crippen molar-refractivity contribution in [1.29, 1.82) is 0 Å². The summed E-state index contributed by atoms with van der Waals surface area (Å²) in [6.45, 7) is 12.3. The van der Waals surface area contributed by atoms with Gasteiger partial charge in [-0.1, -0.05) is 44.9 Å². The fraction of sp³-hybridized carbons (Fsp3) is 0.654. The Labute approximate surface area is 209 Å². The predicted molar refractivity (Wildman–Crippen MR) is 135 cm³/mol. The zero-order valence-corrected chi connectivity index (χ0v) is 22.2. The summed E-state index contributed by atoms with van der Waals surface area (Å²) in [7, 11) is 0. The molecule has 2 atom stereocenters. The van der Waals surface area contributed by atoms with Gasteiger partial charge in [-0.15, -0.1) is 0 Å². The fourth-order valence-corrected chi connectivity index (χ4v) is 3.55. The molecule has 0 saturated heterocycles. The molecule has 0 saturated carbocycles. The van der Waals surface area contributed by atoms with Crippen molar-refractivity contribution in [3.8, 4) is 5.75 Å². The maximum absolute atomic E-state index is 13.8. The number of amides is 3. The van der Waals surface area contributed by atoms with Crippen LogP contribution in [-0.2, 0) is 14.3 Å². The summed E-state index contributed by atoms with van der Waals surface area (Å²) in [6, 6.07) is 3.82. The summed E-state index contributed by atoms with van der Waals surface area (Å²) in [6.07, 6.45) is 2.32. The number of aliphatic hydroxyl groups excluding tert-OH is 1. The zero-order valence-electron chi connectivity index (χ0n) is 22.2. The van der Waals surface area contributed by atoms with Gasteiger partial charge in [0.25, 0.3) is 0 Å². The van der Waals surface area contributed by atoms with Gasteiger partial charge < -0.3 is 30.5 Å². The van der Waals surface area contributed by atoms with Crippen molar-refractivity contribution in [1.82, 2.24) is 15.5 Å². The van der Waals surface area contributed by atoms with Crippen molar-refractivity contribution in [3.05, 3.63) is 29.8 Å². The lowest BCUT2D eigenvalue weighted by Crippen LogP contribution is -2.60. The number of nitrogens with one attached hydrogen (secondary N) is 2. The number of para-hydroxylation sites is 1. The van der Waals surface area contributed by atoms with Crippen molar-refractivity contribution >= 4 is 17.9 Å². The maximum Gasteiger partial charge on any atom is 0.408 e. The second-order valence-electron chi connectivity index (χ2n) is 10.2. The normalized spacial score (nSPS) is 13.5. The van der Waals surface area contributed by atoms with Crippen LogP contribution in [0.1, 0.15) is 85.8 Å². The van der Waals surface area contributed by atoms with Crippen molar-refractivity contribution in [3.63, 3.8) is 0 Å². The molecule has 198 valence electrons. The Balaban J connectivity index is 3.47. The van der Waals surface area contributed by atoms with Gasteiger partial charge in [-0.3, -0.25) is 9.59 Å². The van der Waals surface area contributed by atoms with E-state index in [9.17, 15) is 24.6 Å². The molecule has 0 bridgehead atoms. The standard InChI is InChI=1S/C26H43N3O6/c1-8-10-13-16-27-22(32)21(18-14-11-12-15-20(18)31)29(26(6,7)9-2)23(33)19(17-30)28-24(34)35-25(3,4)5/h11-12,14-15,19,21,30-31H,8-10,13,16-17H2,1-7H3,(H,27,32)(H,28,34). The molecule has 0 radical (unpaired) electrons. The lowest BCUT2D eigenvalue weighted by atomic mass is 9.91. The van der Waals surface area contributed by atoms with Crippen LogP contribution in [0, 0.1) is 0 Å². The van der Waals surface area contributed by atoms with Crippen LogP contribution >= 0.6 is 0 Å². The van der Waals surface area contributed by atoms with Gasteiger partial charge in [0.2, 0.25) is 11.8 Å². The third-order valence-corrected chi connectivity index (χ3v) is 5.74. The number of carbonyl (C=O) groups is 3. The van der Waals surface area contributed by atoms with Crippen molar-refractivity contribution in [2.75, 3.05) is 13.2 Å². The van der Waals surface area contributed by atoms with Crippen molar-refractivity contribution in [2.45, 2.75) is 97.4 Å². The first kappa shape index (κ1) is 30.2. The summed E-state index contributed by atoms with van der Waals surface area (Å²) >= 11 is 0. The predicted octanol–water partition coefficient (Wildman–Crippen LogP) is 3.64. The number of phenolic OH excluding ortho intramolecular Hbond substituents is 1. The zero-order chi connectivity index (χ0) is 26.8. The van der Waals surface area contributed by atoms with E-state index in [1.807, 2.05) is 6.92 Å². The van der Waals surface area contributed by atoms with Crippen LogP contribution in [0.2, 0.25) is 0 Å². The number of unbranched alkanes of at least 4 members (excludes halogenated alkanes) is 2. The topological polar surface area (TPSA) is 128 Å². The van der Waals surface area contributed by atoms with E-state index in [0.29, 0.717) is 13.0 Å². The van der Waals surface area contributed by atoms with E-state index in [4.69, 9.17) is 4.74 Å². The molecule has 1 aromatic rings. The van der Waals surface area contributed by atoms with Gasteiger partial charge in [0.05, 0.1) is 6.61 Å². The van der Waals surface area contributed by atoms with E-state index in [1.165, 1.54) is 11.0 Å². The highest BCUT2D eigenvalue weighted by Crippen LogP contribution is 2.35. The van der Waals surface area contributed by atoms with Crippen LogP contribution in [0.25, 0.3) is 0 Å². The van der Waals surface area contributed by atoms with E-state index in [2.05, 4.69) is 17.6 Å². The first-order valence-electron chi connectivity index (χ1n) is 12.3. The largest absolute Gasteiger partial charge is 0.508 e. The molecular weight excluding hydrogens is 450 g/mol. The van der Waals surface area contributed by atoms with Gasteiger partial charge in [-0.05, 0) is 53.5 Å². The number of ether oxygens (including phenoxy) is 1. The summed E-state index contributed by atoms with van der Waals surface area (Å²) in [5.41, 5.74) is -1.41. The lowest BCUT2D eigenvalue weighted by molar-refractivity contribution is -0.150. The Kier molecular flexibility index (Phi) is 11.5. The molecule has 0 fully saturated rings. The Morgan fingerprint density at radius 1 is 1.06 bits per heavy atom. The summed E-state index contributed by atoms with van der Waals surface area (Å²) in [5.74, 6) is -1.25. The molecule has 2 unspecified atom stereocenters. The fourth-order valence-electron chi connectivity index (χ4n) is 3.55. The van der Waals surface area contributed by atoms with Crippen LogP contribution in [0.4, 0.5) is 4.79 Å². The van der Waals surface area contributed by atoms with E-state index in [1.54, 1.807) is 52.8 Å². The number of nitrogens with zero attached hydrogens (tertiary/aromatic N) is 1. The molecule has 9 nitrogen and oxygen atoms in total. The van der Waals surface area contributed by atoms with Gasteiger partial charge in [-0.25, -0.2) is 4.79 Å². The molecule has 9 heteroatoms. The summed E-state index contributed by atoms with van der Waals surface area (Å²) < 4.78 is 5.25. The van der Waals surface area contributed by atoms with Crippen LogP contribution < -0.4 is 10.6 Å². The number of hydrogen-bond donors (Lipinski definition) is 4. The smallest absolute Gasteiger partial charge is 0.408 e. The first-order valence-corrected chi connectivity index (χ1v) is 12.3. The van der Waals surface area contributed by atoms with Crippen LogP contribution in [0.5, 0.6) is 5.75 Å². The van der Waals surface area contributed by atoms with Crippen LogP contribution in [0.15, 0.2) is 24.3 Å². The lowest BCUT2D eigenvalue weighted by Gasteiger charge is -2.44. The Morgan fingerprint density at radius 3 is 2.20 bits per heavy atom. The number of benzene rings is 1. The average molecular weight is 494 g/mol. The van der Waals surface area contributed by atoms with Gasteiger partial charge in [0.15, 0.2) is 0 Å². The van der Waals surface area contributed by atoms with Crippen LogP contribution in [0.3, 0.4) is 0 Å². The molecule has 0 aliphatic heterocycles. The van der Waals surface area contributed by atoms with Gasteiger partial charge in [-0.2, -0.15) is 0 Å². The number of rotatable bonds is 12. The molecular formula is C26H43N3O6. The Morgan fingerprint density at radius 2 is 1.69 bits per heavy atom. The number of hydrogen-bond acceptors (Lipinski definition) is 6. The van der Waals surface area contributed by atoms with Crippen molar-refractivity contribution in [2.24, 2.45) is 0 Å². The molecule has 1 aromatic carbocycles. The molecule has 0 aliphatic rings. The highest BCUT2D eigenvalue weighted by molar-refractivity contribution is 5.93. The molecule has 0 spiro atoms. The van der Waals surface area contributed by atoms with Gasteiger partial charge >= 0.3 is 6.09 Å². The second-order valence-corrected chi connectivity index (χ2v) is 10.2. The van der Waals surface area contributed by atoms with Gasteiger partial charge in [0.1, 0.15) is 23.4 Å². The Hall–Kier alpha value is -2.81. The molecule has 1 rings (SSSR count). The monoisotopic (exact) mass is 493 g/mol. The van der Waals surface area contributed by atoms with Crippen LogP contribution in [-0.4, -0.2) is 63.4 Å². The number of carbonyl (C=O) groups excluding carboxylic acids is 3. The highest BCUT2D eigenvalue weighted by Gasteiger charge is 2.43. The average Bonchev–Trinajstić information content (AvgIpc) is 2.77. The Bertz CT molecular complexity index is 850. The molecule has 0 aliphatic carbocycles. The molecule has 4 N–H and O–H groups in total. The number of aromatic hydroxyl groups is 1. The molecule has 3 amide bonds. The van der Waals surface area contributed by atoms with Crippen molar-refractivity contribution < 1.29 is 29.3 Å². The quantitative estimate of drug-likeness (QED) is 0.329. The minimum atomic E-state index is -1.35. The third kappa shape index (κ3) is 9.05. The molecule has 35 heavy (non-hydrogen) atoms.